The van der Waals surface area contributed by atoms with E-state index in [0.29, 0.717) is 0 Å². The second-order valence-electron chi connectivity index (χ2n) is 5.39. The molecule has 1 aromatic rings. The van der Waals surface area contributed by atoms with E-state index in [1.807, 2.05) is 13.0 Å². The fraction of sp³-hybridized carbons (Fsp3) is 0.600. The Hall–Kier alpha value is -0.640. The lowest BCUT2D eigenvalue weighted by Crippen LogP contribution is -2.35. The van der Waals surface area contributed by atoms with Gasteiger partial charge in [0.25, 0.3) is 0 Å². The molecule has 1 aromatic carbocycles. The monoisotopic (exact) mass is 286 g/mol. The van der Waals surface area contributed by atoms with Crippen LogP contribution in [0.5, 0.6) is 0 Å². The molecular weight excluding hydrogens is 263 g/mol. The highest BCUT2D eigenvalue weighted by Crippen LogP contribution is 2.21. The van der Waals surface area contributed by atoms with Gasteiger partial charge in [0.15, 0.2) is 0 Å². The summed E-state index contributed by atoms with van der Waals surface area (Å²) < 4.78 is 13.1. The number of nitrogens with zero attached hydrogens (tertiary/aromatic N) is 1. The number of nitrogens with two attached hydrogens (primary N) is 1. The third-order valence-electron chi connectivity index (χ3n) is 3.88. The van der Waals surface area contributed by atoms with Gasteiger partial charge in [-0.2, -0.15) is 0 Å². The van der Waals surface area contributed by atoms with Gasteiger partial charge in [-0.3, -0.25) is 4.90 Å². The molecule has 0 radical (unpaired) electrons. The first-order chi connectivity index (χ1) is 8.69. The number of aryl methyl sites for hydroxylation is 1. The van der Waals surface area contributed by atoms with Gasteiger partial charge < -0.3 is 5.73 Å². The molecule has 2 N–H and O–H groups in total. The average molecular weight is 287 g/mol. The summed E-state index contributed by atoms with van der Waals surface area (Å²) in [5.41, 5.74) is 7.93. The normalized spacial score (nSPS) is 20.1. The lowest BCUT2D eigenvalue weighted by Gasteiger charge is -2.33. The highest BCUT2D eigenvalue weighted by molar-refractivity contribution is 5.85. The minimum absolute atomic E-state index is 0. The second kappa shape index (κ2) is 7.83. The molecule has 1 aliphatic heterocycles. The van der Waals surface area contributed by atoms with Crippen LogP contribution in [0.4, 0.5) is 4.39 Å². The predicted molar refractivity (Wildman–Crippen MR) is 80.1 cm³/mol. The van der Waals surface area contributed by atoms with Crippen LogP contribution in [0.15, 0.2) is 18.2 Å². The van der Waals surface area contributed by atoms with Crippen molar-refractivity contribution in [3.63, 3.8) is 0 Å². The first-order valence-electron chi connectivity index (χ1n) is 6.86. The predicted octanol–water partition coefficient (Wildman–Crippen LogP) is 3.12. The van der Waals surface area contributed by atoms with Gasteiger partial charge in [0, 0.05) is 13.1 Å². The Morgan fingerprint density at radius 1 is 1.42 bits per heavy atom. The topological polar surface area (TPSA) is 29.3 Å². The van der Waals surface area contributed by atoms with E-state index in [2.05, 4.69) is 4.90 Å². The molecule has 108 valence electrons. The van der Waals surface area contributed by atoms with Crippen molar-refractivity contribution >= 4 is 12.4 Å². The molecule has 0 bridgehead atoms. The van der Waals surface area contributed by atoms with E-state index in [1.165, 1.54) is 18.4 Å². The van der Waals surface area contributed by atoms with Gasteiger partial charge in [-0.25, -0.2) is 4.39 Å². The minimum atomic E-state index is -0.143. The molecule has 1 fully saturated rings. The highest BCUT2D eigenvalue weighted by atomic mass is 35.5. The fourth-order valence-electron chi connectivity index (χ4n) is 2.84. The summed E-state index contributed by atoms with van der Waals surface area (Å²) in [5.74, 6) is 0.598. The maximum Gasteiger partial charge on any atom is 0.123 e. The van der Waals surface area contributed by atoms with Gasteiger partial charge in [-0.1, -0.05) is 6.07 Å². The van der Waals surface area contributed by atoms with Crippen LogP contribution < -0.4 is 5.73 Å². The molecule has 0 amide bonds. The molecule has 1 atom stereocenters. The average Bonchev–Trinajstić information content (AvgIpc) is 2.34. The van der Waals surface area contributed by atoms with Crippen LogP contribution in [0.3, 0.4) is 0 Å². The number of hydrogen-bond acceptors (Lipinski definition) is 2. The summed E-state index contributed by atoms with van der Waals surface area (Å²) in [7, 11) is 0. The van der Waals surface area contributed by atoms with Crippen molar-refractivity contribution in [3.05, 3.63) is 35.1 Å². The Balaban J connectivity index is 0.00000180. The van der Waals surface area contributed by atoms with E-state index in [-0.39, 0.29) is 18.2 Å². The summed E-state index contributed by atoms with van der Waals surface area (Å²) in [4.78, 5) is 2.48. The summed E-state index contributed by atoms with van der Waals surface area (Å²) in [5, 5.41) is 0. The highest BCUT2D eigenvalue weighted by Gasteiger charge is 2.19. The van der Waals surface area contributed by atoms with Crippen molar-refractivity contribution in [1.82, 2.24) is 4.90 Å². The third kappa shape index (κ3) is 4.75. The first-order valence-corrected chi connectivity index (χ1v) is 6.86. The Bertz CT molecular complexity index is 396. The molecule has 0 spiro atoms. The first kappa shape index (κ1) is 16.4. The quantitative estimate of drug-likeness (QED) is 0.921. The summed E-state index contributed by atoms with van der Waals surface area (Å²) in [6.45, 7) is 5.99. The zero-order valence-electron chi connectivity index (χ0n) is 11.6. The van der Waals surface area contributed by atoms with Crippen LogP contribution in [0, 0.1) is 18.7 Å². The number of halogens is 2. The molecule has 1 heterocycles. The van der Waals surface area contributed by atoms with E-state index in [1.54, 1.807) is 12.1 Å². The second-order valence-corrected chi connectivity index (χ2v) is 5.39. The van der Waals surface area contributed by atoms with Crippen molar-refractivity contribution < 1.29 is 4.39 Å². The molecule has 2 nitrogen and oxygen atoms in total. The van der Waals surface area contributed by atoms with Crippen LogP contribution in [0.1, 0.15) is 30.4 Å². The maximum atomic E-state index is 13.1. The van der Waals surface area contributed by atoms with Crippen LogP contribution in [0.2, 0.25) is 0 Å². The molecule has 0 aliphatic carbocycles. The van der Waals surface area contributed by atoms with E-state index in [9.17, 15) is 4.39 Å². The Morgan fingerprint density at radius 2 is 2.21 bits per heavy atom. The summed E-state index contributed by atoms with van der Waals surface area (Å²) >= 11 is 0. The van der Waals surface area contributed by atoms with E-state index in [0.717, 1.165) is 44.1 Å². The number of likely N-dealkylation sites (tertiary alicyclic amines) is 1. The number of hydrogen-bond donors (Lipinski definition) is 1. The van der Waals surface area contributed by atoms with Gasteiger partial charge in [-0.15, -0.1) is 12.4 Å². The maximum absolute atomic E-state index is 13.1. The van der Waals surface area contributed by atoms with Crippen LogP contribution in [-0.2, 0) is 6.54 Å². The zero-order valence-corrected chi connectivity index (χ0v) is 12.4. The number of benzene rings is 1. The molecular formula is C15H24ClFN2. The zero-order chi connectivity index (χ0) is 13.0. The third-order valence-corrected chi connectivity index (χ3v) is 3.88. The molecule has 4 heteroatoms. The standard InChI is InChI=1S/C15H23FN2.ClH/c1-12-9-15(16)5-4-14(12)11-18-8-2-3-13(10-18)6-7-17;/h4-5,9,13H,2-3,6-8,10-11,17H2,1H3;1H. The van der Waals surface area contributed by atoms with Gasteiger partial charge in [0.05, 0.1) is 0 Å². The summed E-state index contributed by atoms with van der Waals surface area (Å²) in [6, 6.07) is 5.09. The lowest BCUT2D eigenvalue weighted by atomic mass is 9.94. The van der Waals surface area contributed by atoms with Crippen molar-refractivity contribution in [2.24, 2.45) is 11.7 Å². The van der Waals surface area contributed by atoms with Crippen molar-refractivity contribution in [2.75, 3.05) is 19.6 Å². The van der Waals surface area contributed by atoms with Crippen molar-refractivity contribution in [1.29, 1.82) is 0 Å². The Morgan fingerprint density at radius 3 is 2.89 bits per heavy atom. The smallest absolute Gasteiger partial charge is 0.123 e. The lowest BCUT2D eigenvalue weighted by molar-refractivity contribution is 0.163. The number of rotatable bonds is 4. The largest absolute Gasteiger partial charge is 0.330 e. The molecule has 1 unspecified atom stereocenters. The minimum Gasteiger partial charge on any atom is -0.330 e. The van der Waals surface area contributed by atoms with Crippen molar-refractivity contribution in [2.45, 2.75) is 32.7 Å². The number of piperidine rings is 1. The molecule has 0 saturated carbocycles. The van der Waals surface area contributed by atoms with Crippen molar-refractivity contribution in [3.8, 4) is 0 Å². The Kier molecular flexibility index (Phi) is 6.76. The molecule has 19 heavy (non-hydrogen) atoms. The molecule has 0 aromatic heterocycles. The van der Waals surface area contributed by atoms with Gasteiger partial charge >= 0.3 is 0 Å². The van der Waals surface area contributed by atoms with E-state index in [4.69, 9.17) is 5.73 Å². The Labute approximate surface area is 121 Å². The van der Waals surface area contributed by atoms with Gasteiger partial charge in [0.2, 0.25) is 0 Å². The van der Waals surface area contributed by atoms with Gasteiger partial charge in [0.1, 0.15) is 5.82 Å². The van der Waals surface area contributed by atoms with E-state index < -0.39 is 0 Å². The van der Waals surface area contributed by atoms with Crippen LogP contribution >= 0.6 is 12.4 Å². The molecule has 1 saturated heterocycles. The van der Waals surface area contributed by atoms with Crippen LogP contribution in [-0.4, -0.2) is 24.5 Å². The SMILES string of the molecule is Cc1cc(F)ccc1CN1CCCC(CCN)C1.Cl. The molecule has 1 aliphatic rings. The van der Waals surface area contributed by atoms with Gasteiger partial charge in [-0.05, 0) is 68.5 Å². The van der Waals surface area contributed by atoms with Crippen LogP contribution in [0.25, 0.3) is 0 Å². The molecule has 2 rings (SSSR count). The summed E-state index contributed by atoms with van der Waals surface area (Å²) in [6.07, 6.45) is 3.68. The van der Waals surface area contributed by atoms with E-state index >= 15 is 0 Å². The fourth-order valence-corrected chi connectivity index (χ4v) is 2.84.